The third-order valence-electron chi connectivity index (χ3n) is 2.45. The number of carbonyl (C=O) groups excluding carboxylic acids is 1. The topological polar surface area (TPSA) is 55.6 Å². The number of ether oxygens (including phenoxy) is 1. The zero-order chi connectivity index (χ0) is 12.4. The van der Waals surface area contributed by atoms with Crippen LogP contribution in [-0.4, -0.2) is 24.0 Å². The Morgan fingerprint density at radius 1 is 1.59 bits per heavy atom. The van der Waals surface area contributed by atoms with Crippen molar-refractivity contribution in [2.75, 3.05) is 18.1 Å². The summed E-state index contributed by atoms with van der Waals surface area (Å²) in [7, 11) is 0. The van der Waals surface area contributed by atoms with E-state index in [0.717, 1.165) is 0 Å². The number of carbonyl (C=O) groups is 1. The molecule has 0 fully saturated rings. The van der Waals surface area contributed by atoms with E-state index >= 15 is 0 Å². The highest BCUT2D eigenvalue weighted by atomic mass is 35.5. The molecular weight excluding hydrogens is 260 g/mol. The molecule has 0 bridgehead atoms. The zero-order valence-electron chi connectivity index (χ0n) is 8.98. The largest absolute Gasteiger partial charge is 0.482 e. The van der Waals surface area contributed by atoms with Gasteiger partial charge in [0, 0.05) is 18.0 Å². The van der Waals surface area contributed by atoms with Crippen LogP contribution in [0.15, 0.2) is 18.2 Å². The minimum Gasteiger partial charge on any atom is -0.482 e. The van der Waals surface area contributed by atoms with Crippen LogP contribution < -0.4 is 15.4 Å². The van der Waals surface area contributed by atoms with Crippen LogP contribution in [0.1, 0.15) is 6.42 Å². The lowest BCUT2D eigenvalue weighted by Crippen LogP contribution is -2.40. The highest BCUT2D eigenvalue weighted by Gasteiger charge is 2.25. The molecule has 1 amide bonds. The first-order valence-electron chi connectivity index (χ1n) is 5.09. The fraction of sp³-hybridized carbons (Fsp3) is 0.273. The van der Waals surface area contributed by atoms with Gasteiger partial charge >= 0.3 is 0 Å². The maximum atomic E-state index is 11.8. The maximum Gasteiger partial charge on any atom is 0.265 e. The Morgan fingerprint density at radius 3 is 3.06 bits per heavy atom. The van der Waals surface area contributed by atoms with Gasteiger partial charge in [-0.2, -0.15) is 0 Å². The van der Waals surface area contributed by atoms with Crippen molar-refractivity contribution in [3.8, 4) is 5.75 Å². The second-order valence-corrected chi connectivity index (χ2v) is 4.62. The Hall–Kier alpha value is -1.33. The Balaban J connectivity index is 2.28. The summed E-state index contributed by atoms with van der Waals surface area (Å²) in [6.45, 7) is 0.483. The van der Waals surface area contributed by atoms with Gasteiger partial charge in [-0.25, -0.2) is 0 Å². The van der Waals surface area contributed by atoms with Crippen LogP contribution in [-0.2, 0) is 4.79 Å². The molecule has 2 rings (SSSR count). The fourth-order valence-electron chi connectivity index (χ4n) is 1.64. The molecule has 2 N–H and O–H groups in total. The van der Waals surface area contributed by atoms with E-state index in [2.05, 4.69) is 0 Å². The Bertz CT molecular complexity index is 479. The summed E-state index contributed by atoms with van der Waals surface area (Å²) in [5, 5.41) is 0.558. The quantitative estimate of drug-likeness (QED) is 0.850. The van der Waals surface area contributed by atoms with Gasteiger partial charge in [0.1, 0.15) is 5.75 Å². The summed E-state index contributed by atoms with van der Waals surface area (Å²) < 4.78 is 5.31. The summed E-state index contributed by atoms with van der Waals surface area (Å²) >= 11 is 10.7. The van der Waals surface area contributed by atoms with Crippen molar-refractivity contribution in [2.45, 2.75) is 6.42 Å². The van der Waals surface area contributed by atoms with Crippen molar-refractivity contribution in [1.29, 1.82) is 0 Å². The van der Waals surface area contributed by atoms with E-state index in [0.29, 0.717) is 34.4 Å². The first-order valence-corrected chi connectivity index (χ1v) is 5.87. The first kappa shape index (κ1) is 12.1. The van der Waals surface area contributed by atoms with Crippen LogP contribution >= 0.6 is 23.8 Å². The minimum absolute atomic E-state index is 0.0337. The lowest BCUT2D eigenvalue weighted by atomic mass is 10.2. The molecule has 90 valence electrons. The van der Waals surface area contributed by atoms with Crippen LogP contribution in [0.4, 0.5) is 5.69 Å². The molecular formula is C11H11ClN2O2S. The molecule has 6 heteroatoms. The van der Waals surface area contributed by atoms with E-state index in [1.54, 1.807) is 23.1 Å². The summed E-state index contributed by atoms with van der Waals surface area (Å²) in [5.74, 6) is 0.535. The molecule has 0 spiro atoms. The second kappa shape index (κ2) is 4.89. The van der Waals surface area contributed by atoms with Crippen molar-refractivity contribution in [2.24, 2.45) is 5.73 Å². The Kier molecular flexibility index (Phi) is 3.49. The van der Waals surface area contributed by atoms with Crippen molar-refractivity contribution in [1.82, 2.24) is 0 Å². The third-order valence-corrected chi connectivity index (χ3v) is 2.89. The predicted octanol–water partition coefficient (Wildman–Crippen LogP) is 1.74. The Morgan fingerprint density at radius 2 is 2.35 bits per heavy atom. The normalized spacial score (nSPS) is 14.2. The van der Waals surface area contributed by atoms with Gasteiger partial charge in [-0.3, -0.25) is 4.79 Å². The highest BCUT2D eigenvalue weighted by molar-refractivity contribution is 7.80. The van der Waals surface area contributed by atoms with Crippen molar-refractivity contribution >= 4 is 40.4 Å². The first-order chi connectivity index (χ1) is 8.08. The number of benzene rings is 1. The predicted molar refractivity (Wildman–Crippen MR) is 70.7 cm³/mol. The molecule has 0 atom stereocenters. The molecule has 0 saturated carbocycles. The van der Waals surface area contributed by atoms with Gasteiger partial charge in [0.15, 0.2) is 6.61 Å². The number of hydrogen-bond acceptors (Lipinski definition) is 3. The standard InChI is InChI=1S/C11H11ClN2O2S/c12-7-1-2-9-8(5-7)14(4-3-10(13)17)11(15)6-16-9/h1-2,5H,3-4,6H2,(H2,13,17). The summed E-state index contributed by atoms with van der Waals surface area (Å²) in [4.78, 5) is 13.7. The van der Waals surface area contributed by atoms with E-state index in [-0.39, 0.29) is 12.5 Å². The second-order valence-electron chi connectivity index (χ2n) is 3.66. The van der Waals surface area contributed by atoms with Gasteiger partial charge < -0.3 is 15.4 Å². The molecule has 0 unspecified atom stereocenters. The lowest BCUT2D eigenvalue weighted by molar-refractivity contribution is -0.121. The van der Waals surface area contributed by atoms with Crippen molar-refractivity contribution in [3.63, 3.8) is 0 Å². The number of nitrogens with zero attached hydrogens (tertiary/aromatic N) is 1. The average Bonchev–Trinajstić information content (AvgIpc) is 2.27. The molecule has 0 aliphatic carbocycles. The Labute approximate surface area is 109 Å². The van der Waals surface area contributed by atoms with Gasteiger partial charge in [0.25, 0.3) is 5.91 Å². The van der Waals surface area contributed by atoms with Crippen LogP contribution in [0.5, 0.6) is 5.75 Å². The number of rotatable bonds is 3. The monoisotopic (exact) mass is 270 g/mol. The molecule has 1 heterocycles. The molecule has 4 nitrogen and oxygen atoms in total. The van der Waals surface area contributed by atoms with Gasteiger partial charge in [-0.1, -0.05) is 23.8 Å². The van der Waals surface area contributed by atoms with Crippen LogP contribution in [0, 0.1) is 0 Å². The van der Waals surface area contributed by atoms with E-state index < -0.39 is 0 Å². The minimum atomic E-state index is -0.115. The number of amides is 1. The van der Waals surface area contributed by atoms with Crippen molar-refractivity contribution in [3.05, 3.63) is 23.2 Å². The number of nitrogens with two attached hydrogens (primary N) is 1. The number of hydrogen-bond donors (Lipinski definition) is 1. The average molecular weight is 271 g/mol. The smallest absolute Gasteiger partial charge is 0.265 e. The molecule has 0 aromatic heterocycles. The number of fused-ring (bicyclic) bond motifs is 1. The molecule has 1 aromatic rings. The van der Waals surface area contributed by atoms with Crippen LogP contribution in [0.2, 0.25) is 5.02 Å². The summed E-state index contributed by atoms with van der Waals surface area (Å²) in [5.41, 5.74) is 6.11. The lowest BCUT2D eigenvalue weighted by Gasteiger charge is -2.29. The van der Waals surface area contributed by atoms with E-state index in [1.165, 1.54) is 0 Å². The molecule has 17 heavy (non-hydrogen) atoms. The molecule has 1 aliphatic heterocycles. The molecule has 0 radical (unpaired) electrons. The van der Waals surface area contributed by atoms with Crippen LogP contribution in [0.25, 0.3) is 0 Å². The van der Waals surface area contributed by atoms with Gasteiger partial charge in [-0.15, -0.1) is 0 Å². The van der Waals surface area contributed by atoms with Crippen LogP contribution in [0.3, 0.4) is 0 Å². The van der Waals surface area contributed by atoms with E-state index in [1.807, 2.05) is 0 Å². The SMILES string of the molecule is NC(=S)CCN1C(=O)COc2ccc(Cl)cc21. The zero-order valence-corrected chi connectivity index (χ0v) is 10.6. The molecule has 1 aromatic carbocycles. The summed E-state index contributed by atoms with van der Waals surface area (Å²) in [6, 6.07) is 5.17. The van der Waals surface area contributed by atoms with E-state index in [4.69, 9.17) is 34.3 Å². The maximum absolute atomic E-state index is 11.8. The number of anilines is 1. The van der Waals surface area contributed by atoms with Gasteiger partial charge in [-0.05, 0) is 18.2 Å². The summed E-state index contributed by atoms with van der Waals surface area (Å²) in [6.07, 6.45) is 0.479. The molecule has 1 aliphatic rings. The van der Waals surface area contributed by atoms with Crippen molar-refractivity contribution < 1.29 is 9.53 Å². The highest BCUT2D eigenvalue weighted by Crippen LogP contribution is 2.34. The number of halogens is 1. The van der Waals surface area contributed by atoms with E-state index in [9.17, 15) is 4.79 Å². The van der Waals surface area contributed by atoms with Gasteiger partial charge in [0.05, 0.1) is 10.7 Å². The fourth-order valence-corrected chi connectivity index (χ4v) is 1.90. The number of thiocarbonyl (C=S) groups is 1. The molecule has 0 saturated heterocycles. The van der Waals surface area contributed by atoms with Gasteiger partial charge in [0.2, 0.25) is 0 Å². The third kappa shape index (κ3) is 2.68.